The number of alkyl halides is 3. The third kappa shape index (κ3) is 4.96. The lowest BCUT2D eigenvalue weighted by molar-refractivity contribution is -0.138. The van der Waals surface area contributed by atoms with Crippen molar-refractivity contribution in [1.29, 1.82) is 0 Å². The summed E-state index contributed by atoms with van der Waals surface area (Å²) in [6.45, 7) is -0.794. The summed E-state index contributed by atoms with van der Waals surface area (Å²) in [4.78, 5) is 34.5. The minimum absolute atomic E-state index is 0.0133. The third-order valence-electron chi connectivity index (χ3n) is 4.78. The number of carbonyl (C=O) groups is 2. The summed E-state index contributed by atoms with van der Waals surface area (Å²) >= 11 is 1.07. The highest BCUT2D eigenvalue weighted by Gasteiger charge is 2.32. The summed E-state index contributed by atoms with van der Waals surface area (Å²) in [5, 5.41) is 9.31. The van der Waals surface area contributed by atoms with Crippen molar-refractivity contribution in [3.05, 3.63) is 89.6 Å². The quantitative estimate of drug-likeness (QED) is 0.385. The Bertz CT molecular complexity index is 1250. The average molecular weight is 483 g/mol. The molecule has 2 heterocycles. The van der Waals surface area contributed by atoms with Crippen molar-refractivity contribution in [2.45, 2.75) is 6.18 Å². The molecular weight excluding hydrogens is 467 g/mol. The van der Waals surface area contributed by atoms with Gasteiger partial charge in [-0.3, -0.25) is 14.5 Å². The minimum atomic E-state index is -4.61. The van der Waals surface area contributed by atoms with Crippen molar-refractivity contribution in [3.8, 4) is 21.7 Å². The van der Waals surface area contributed by atoms with Crippen LogP contribution < -0.4 is 4.90 Å². The Morgan fingerprint density at radius 3 is 2.06 bits per heavy atom. The van der Waals surface area contributed by atoms with E-state index in [4.69, 9.17) is 0 Å². The first-order valence-electron chi connectivity index (χ1n) is 9.92. The molecule has 4 rings (SSSR count). The maximum Gasteiger partial charge on any atom is 0.417 e. The van der Waals surface area contributed by atoms with E-state index in [-0.39, 0.29) is 10.8 Å². The van der Waals surface area contributed by atoms with Crippen LogP contribution in [0, 0.1) is 0 Å². The molecule has 4 aromatic rings. The van der Waals surface area contributed by atoms with E-state index in [1.54, 1.807) is 0 Å². The summed E-state index contributed by atoms with van der Waals surface area (Å²) < 4.78 is 38.7. The molecule has 0 aliphatic heterocycles. The molecule has 2 aromatic heterocycles. The van der Waals surface area contributed by atoms with Gasteiger partial charge in [0.15, 0.2) is 5.01 Å². The number of thiazole rings is 1. The van der Waals surface area contributed by atoms with Crippen LogP contribution in [0.25, 0.3) is 21.7 Å². The predicted octanol–water partition coefficient (Wildman–Crippen LogP) is 5.62. The van der Waals surface area contributed by atoms with Gasteiger partial charge in [-0.1, -0.05) is 60.7 Å². The molecule has 34 heavy (non-hydrogen) atoms. The standard InChI is InChI=1S/C24H16F3N3O3S/c25-24(26,27)17-11-12-18(28-13-17)30(14-19(31)32)23(33)22-29-20(15-7-3-1-4-8-15)21(34-22)16-9-5-2-6-10-16/h1-13H,14H2,(H,31,32). The molecule has 0 spiro atoms. The average Bonchev–Trinajstić information content (AvgIpc) is 3.28. The van der Waals surface area contributed by atoms with Gasteiger partial charge in [-0.15, -0.1) is 11.3 Å². The van der Waals surface area contributed by atoms with E-state index in [1.807, 2.05) is 60.7 Å². The Morgan fingerprint density at radius 1 is 0.912 bits per heavy atom. The van der Waals surface area contributed by atoms with Gasteiger partial charge in [0, 0.05) is 11.8 Å². The van der Waals surface area contributed by atoms with E-state index < -0.39 is 30.2 Å². The molecule has 0 aliphatic carbocycles. The second kappa shape index (κ2) is 9.44. The zero-order valence-corrected chi connectivity index (χ0v) is 18.2. The molecule has 172 valence electrons. The number of anilines is 1. The predicted molar refractivity (Wildman–Crippen MR) is 122 cm³/mol. The fourth-order valence-electron chi connectivity index (χ4n) is 3.21. The Hall–Kier alpha value is -4.05. The number of rotatable bonds is 6. The van der Waals surface area contributed by atoms with Gasteiger partial charge in [0.05, 0.1) is 16.1 Å². The first kappa shape index (κ1) is 23.1. The molecule has 0 atom stereocenters. The molecule has 0 unspecified atom stereocenters. The Balaban J connectivity index is 1.78. The van der Waals surface area contributed by atoms with E-state index in [0.717, 1.165) is 39.5 Å². The van der Waals surface area contributed by atoms with E-state index in [1.165, 1.54) is 0 Å². The number of carboxylic acid groups (broad SMARTS) is 1. The molecule has 0 radical (unpaired) electrons. The fourth-order valence-corrected chi connectivity index (χ4v) is 4.25. The molecule has 1 N–H and O–H groups in total. The summed E-state index contributed by atoms with van der Waals surface area (Å²) in [7, 11) is 0. The van der Waals surface area contributed by atoms with Crippen molar-refractivity contribution >= 4 is 29.0 Å². The van der Waals surface area contributed by atoms with Crippen LogP contribution in [0.1, 0.15) is 15.4 Å². The molecule has 0 aliphatic rings. The number of hydrogen-bond donors (Lipinski definition) is 1. The number of carboxylic acids is 1. The highest BCUT2D eigenvalue weighted by molar-refractivity contribution is 7.17. The zero-order valence-electron chi connectivity index (χ0n) is 17.4. The Morgan fingerprint density at radius 2 is 1.53 bits per heavy atom. The summed E-state index contributed by atoms with van der Waals surface area (Å²) in [6.07, 6.45) is -4.05. The monoisotopic (exact) mass is 483 g/mol. The summed E-state index contributed by atoms with van der Waals surface area (Å²) in [5.41, 5.74) is 1.10. The molecule has 2 aromatic carbocycles. The van der Waals surface area contributed by atoms with Gasteiger partial charge in [-0.2, -0.15) is 13.2 Å². The number of aromatic nitrogens is 2. The van der Waals surface area contributed by atoms with E-state index >= 15 is 0 Å². The number of benzene rings is 2. The molecule has 0 fully saturated rings. The first-order chi connectivity index (χ1) is 16.2. The number of carbonyl (C=O) groups excluding carboxylic acids is 1. The second-order valence-corrected chi connectivity index (χ2v) is 8.12. The van der Waals surface area contributed by atoms with Crippen molar-refractivity contribution in [1.82, 2.24) is 9.97 Å². The molecule has 10 heteroatoms. The number of nitrogens with zero attached hydrogens (tertiary/aromatic N) is 3. The van der Waals surface area contributed by atoms with E-state index in [2.05, 4.69) is 9.97 Å². The van der Waals surface area contributed by atoms with Gasteiger partial charge in [-0.25, -0.2) is 9.97 Å². The van der Waals surface area contributed by atoms with Crippen LogP contribution in [-0.2, 0) is 11.0 Å². The topological polar surface area (TPSA) is 83.4 Å². The Kier molecular flexibility index (Phi) is 6.42. The van der Waals surface area contributed by atoms with Crippen molar-refractivity contribution < 1.29 is 27.9 Å². The lowest BCUT2D eigenvalue weighted by atomic mass is 10.1. The molecule has 0 saturated carbocycles. The van der Waals surface area contributed by atoms with Crippen LogP contribution >= 0.6 is 11.3 Å². The molecule has 6 nitrogen and oxygen atoms in total. The molecule has 1 amide bonds. The van der Waals surface area contributed by atoms with Gasteiger partial charge in [0.25, 0.3) is 5.91 Å². The zero-order chi connectivity index (χ0) is 24.3. The third-order valence-corrected chi connectivity index (χ3v) is 5.88. The number of halogens is 3. The van der Waals surface area contributed by atoms with Crippen LogP contribution in [0.3, 0.4) is 0 Å². The van der Waals surface area contributed by atoms with Crippen molar-refractivity contribution in [2.24, 2.45) is 0 Å². The van der Waals surface area contributed by atoms with Crippen LogP contribution in [0.5, 0.6) is 0 Å². The number of hydrogen-bond acceptors (Lipinski definition) is 5. The molecular formula is C24H16F3N3O3S. The minimum Gasteiger partial charge on any atom is -0.480 e. The lowest BCUT2D eigenvalue weighted by Crippen LogP contribution is -2.36. The maximum absolute atomic E-state index is 13.3. The normalized spacial score (nSPS) is 11.3. The fraction of sp³-hybridized carbons (Fsp3) is 0.0833. The smallest absolute Gasteiger partial charge is 0.417 e. The maximum atomic E-state index is 13.3. The van der Waals surface area contributed by atoms with E-state index in [0.29, 0.717) is 16.8 Å². The highest BCUT2D eigenvalue weighted by atomic mass is 32.1. The highest BCUT2D eigenvalue weighted by Crippen LogP contribution is 2.37. The summed E-state index contributed by atoms with van der Waals surface area (Å²) in [6, 6.07) is 20.1. The Labute approximate surface area is 196 Å². The van der Waals surface area contributed by atoms with Crippen molar-refractivity contribution in [2.75, 3.05) is 11.4 Å². The molecule has 0 bridgehead atoms. The van der Waals surface area contributed by atoms with Gasteiger partial charge in [0.2, 0.25) is 0 Å². The second-order valence-electron chi connectivity index (χ2n) is 7.12. The van der Waals surface area contributed by atoms with Crippen LogP contribution in [0.4, 0.5) is 19.0 Å². The van der Waals surface area contributed by atoms with Gasteiger partial charge in [0.1, 0.15) is 12.4 Å². The summed E-state index contributed by atoms with van der Waals surface area (Å²) in [5.74, 6) is -2.35. The van der Waals surface area contributed by atoms with Crippen LogP contribution in [-0.4, -0.2) is 33.5 Å². The van der Waals surface area contributed by atoms with Crippen LogP contribution in [0.15, 0.2) is 79.0 Å². The van der Waals surface area contributed by atoms with Gasteiger partial charge >= 0.3 is 12.1 Å². The van der Waals surface area contributed by atoms with E-state index in [9.17, 15) is 27.9 Å². The van der Waals surface area contributed by atoms with Gasteiger partial charge < -0.3 is 5.11 Å². The number of pyridine rings is 1. The van der Waals surface area contributed by atoms with Crippen molar-refractivity contribution in [3.63, 3.8) is 0 Å². The first-order valence-corrected chi connectivity index (χ1v) is 10.7. The SMILES string of the molecule is O=C(O)CN(C(=O)c1nc(-c2ccccc2)c(-c2ccccc2)s1)c1ccc(C(F)(F)F)cn1. The lowest BCUT2D eigenvalue weighted by Gasteiger charge is -2.19. The van der Waals surface area contributed by atoms with Crippen LogP contribution in [0.2, 0.25) is 0 Å². The number of aliphatic carboxylic acids is 1. The molecule has 0 saturated heterocycles. The largest absolute Gasteiger partial charge is 0.480 e. The van der Waals surface area contributed by atoms with Gasteiger partial charge in [-0.05, 0) is 17.7 Å². The number of amides is 1.